The van der Waals surface area contributed by atoms with Gasteiger partial charge in [0.25, 0.3) is 10.0 Å². The van der Waals surface area contributed by atoms with Crippen LogP contribution < -0.4 is 14.5 Å². The standard InChI is InChI=1S/C22H16F3N3O4S/c23-22(24,25)18-11-19(29)26-14-7-1-2-8-15(14)28(18)20(30)12-27-16-9-3-5-13-6-4-10-17(21(13)16)33(27,31)32/h1-10,18H,11-12H2,(H,26,29)/t18-/m1/s1. The van der Waals surface area contributed by atoms with Crippen molar-refractivity contribution < 1.29 is 31.2 Å². The second-order valence-corrected chi connectivity index (χ2v) is 9.56. The van der Waals surface area contributed by atoms with Crippen molar-refractivity contribution in [1.29, 1.82) is 0 Å². The molecule has 0 aliphatic carbocycles. The highest BCUT2D eigenvalue weighted by Gasteiger charge is 2.50. The lowest BCUT2D eigenvalue weighted by Crippen LogP contribution is -2.52. The number of carbonyl (C=O) groups is 2. The minimum atomic E-state index is -4.92. The number of benzene rings is 3. The van der Waals surface area contributed by atoms with Gasteiger partial charge in [-0.05, 0) is 29.7 Å². The third-order valence-electron chi connectivity index (χ3n) is 5.73. The Morgan fingerprint density at radius 2 is 1.67 bits per heavy atom. The summed E-state index contributed by atoms with van der Waals surface area (Å²) in [5.74, 6) is -2.00. The van der Waals surface area contributed by atoms with Gasteiger partial charge in [-0.2, -0.15) is 13.2 Å². The fourth-order valence-electron chi connectivity index (χ4n) is 4.32. The van der Waals surface area contributed by atoms with Crippen molar-refractivity contribution in [3.63, 3.8) is 0 Å². The van der Waals surface area contributed by atoms with Crippen LogP contribution in [0.1, 0.15) is 6.42 Å². The van der Waals surface area contributed by atoms with Crippen molar-refractivity contribution in [1.82, 2.24) is 0 Å². The predicted octanol–water partition coefficient (Wildman–Crippen LogP) is 3.65. The number of rotatable bonds is 2. The summed E-state index contributed by atoms with van der Waals surface area (Å²) in [7, 11) is -4.16. The first kappa shape index (κ1) is 21.3. The molecule has 0 spiro atoms. The lowest BCUT2D eigenvalue weighted by molar-refractivity contribution is -0.157. The Morgan fingerprint density at radius 3 is 2.39 bits per heavy atom. The number of carbonyl (C=O) groups excluding carboxylic acids is 2. The maximum absolute atomic E-state index is 14.0. The highest BCUT2D eigenvalue weighted by Crippen LogP contribution is 2.43. The van der Waals surface area contributed by atoms with Crippen molar-refractivity contribution in [2.24, 2.45) is 0 Å². The topological polar surface area (TPSA) is 86.8 Å². The molecule has 11 heteroatoms. The van der Waals surface area contributed by atoms with E-state index in [1.165, 1.54) is 36.4 Å². The van der Waals surface area contributed by atoms with Crippen LogP contribution in [0.25, 0.3) is 10.8 Å². The first-order valence-corrected chi connectivity index (χ1v) is 11.3. The van der Waals surface area contributed by atoms with Gasteiger partial charge in [0.15, 0.2) is 0 Å². The lowest BCUT2D eigenvalue weighted by atomic mass is 10.1. The molecule has 170 valence electrons. The van der Waals surface area contributed by atoms with Crippen molar-refractivity contribution >= 4 is 49.7 Å². The minimum absolute atomic E-state index is 0.0103. The Kier molecular flexibility index (Phi) is 4.64. The fraction of sp³-hybridized carbons (Fsp3) is 0.182. The van der Waals surface area contributed by atoms with Crippen molar-refractivity contribution in [3.05, 3.63) is 60.7 Å². The van der Waals surface area contributed by atoms with Gasteiger partial charge >= 0.3 is 6.18 Å². The average Bonchev–Trinajstić information content (AvgIpc) is 2.88. The van der Waals surface area contributed by atoms with Gasteiger partial charge in [0.2, 0.25) is 11.8 Å². The van der Waals surface area contributed by atoms with E-state index in [-0.39, 0.29) is 22.0 Å². The Bertz CT molecular complexity index is 1420. The zero-order chi connectivity index (χ0) is 23.5. The maximum atomic E-state index is 14.0. The smallest absolute Gasteiger partial charge is 0.324 e. The number of anilines is 3. The van der Waals surface area contributed by atoms with E-state index in [0.29, 0.717) is 15.7 Å². The van der Waals surface area contributed by atoms with E-state index in [2.05, 4.69) is 5.32 Å². The molecule has 5 rings (SSSR count). The second-order valence-electron chi connectivity index (χ2n) is 7.73. The molecule has 2 amide bonds. The van der Waals surface area contributed by atoms with Crippen LogP contribution in [-0.4, -0.2) is 39.0 Å². The van der Waals surface area contributed by atoms with Crippen LogP contribution in [0.2, 0.25) is 0 Å². The SMILES string of the molecule is O=C1C[C@H](C(F)(F)F)N(C(=O)CN2c3cccc4cccc(c34)S2(=O)=O)c2ccccc2N1. The van der Waals surface area contributed by atoms with Gasteiger partial charge in [-0.1, -0.05) is 36.4 Å². The summed E-state index contributed by atoms with van der Waals surface area (Å²) in [6, 6.07) is 12.7. The molecule has 0 fully saturated rings. The Balaban J connectivity index is 1.60. The number of alkyl halides is 3. The Hall–Kier alpha value is -3.60. The number of fused-ring (bicyclic) bond motifs is 1. The van der Waals surface area contributed by atoms with E-state index in [4.69, 9.17) is 0 Å². The summed E-state index contributed by atoms with van der Waals surface area (Å²) in [6.45, 7) is -0.856. The highest BCUT2D eigenvalue weighted by molar-refractivity contribution is 7.93. The van der Waals surface area contributed by atoms with Gasteiger partial charge in [0.05, 0.1) is 28.4 Å². The molecule has 2 aliphatic heterocycles. The second kappa shape index (κ2) is 7.20. The molecule has 0 unspecified atom stereocenters. The summed E-state index contributed by atoms with van der Waals surface area (Å²) >= 11 is 0. The van der Waals surface area contributed by atoms with Crippen molar-refractivity contribution in [2.75, 3.05) is 21.1 Å². The summed E-state index contributed by atoms with van der Waals surface area (Å²) in [5.41, 5.74) is 0.109. The summed E-state index contributed by atoms with van der Waals surface area (Å²) in [4.78, 5) is 26.0. The monoisotopic (exact) mass is 475 g/mol. The van der Waals surface area contributed by atoms with Crippen LogP contribution in [0.4, 0.5) is 30.2 Å². The number of nitrogens with one attached hydrogen (secondary N) is 1. The molecular weight excluding hydrogens is 459 g/mol. The molecule has 3 aromatic carbocycles. The molecule has 3 aromatic rings. The zero-order valence-corrected chi connectivity index (χ0v) is 17.7. The molecular formula is C22H16F3N3O4S. The first-order valence-electron chi connectivity index (χ1n) is 9.91. The molecule has 0 aromatic heterocycles. The van der Waals surface area contributed by atoms with Gasteiger partial charge in [0, 0.05) is 5.39 Å². The zero-order valence-electron chi connectivity index (χ0n) is 16.8. The average molecular weight is 475 g/mol. The molecule has 0 bridgehead atoms. The fourth-order valence-corrected chi connectivity index (χ4v) is 5.98. The predicted molar refractivity (Wildman–Crippen MR) is 115 cm³/mol. The molecule has 0 saturated carbocycles. The molecule has 2 aliphatic rings. The molecule has 2 heterocycles. The molecule has 1 N–H and O–H groups in total. The number of amides is 2. The van der Waals surface area contributed by atoms with Gasteiger partial charge in [-0.25, -0.2) is 8.42 Å². The van der Waals surface area contributed by atoms with Crippen LogP contribution in [0.15, 0.2) is 65.6 Å². The van der Waals surface area contributed by atoms with Crippen molar-refractivity contribution in [3.8, 4) is 0 Å². The van der Waals surface area contributed by atoms with Crippen molar-refractivity contribution in [2.45, 2.75) is 23.5 Å². The van der Waals surface area contributed by atoms with E-state index in [9.17, 15) is 31.2 Å². The number of nitrogens with zero attached hydrogens (tertiary/aromatic N) is 2. The quantitative estimate of drug-likeness (QED) is 0.613. The molecule has 7 nitrogen and oxygen atoms in total. The highest BCUT2D eigenvalue weighted by atomic mass is 32.2. The van der Waals surface area contributed by atoms with E-state index >= 15 is 0 Å². The Labute approximate surface area is 186 Å². The number of sulfonamides is 1. The Morgan fingerprint density at radius 1 is 1.00 bits per heavy atom. The molecule has 0 radical (unpaired) electrons. The number of hydrogen-bond acceptors (Lipinski definition) is 4. The number of para-hydroxylation sites is 2. The van der Waals surface area contributed by atoms with Crippen LogP contribution in [-0.2, 0) is 19.6 Å². The summed E-state index contributed by atoms with van der Waals surface area (Å²) in [6.07, 6.45) is -5.93. The van der Waals surface area contributed by atoms with Crippen LogP contribution in [0.3, 0.4) is 0 Å². The normalized spacial score (nSPS) is 19.2. The number of hydrogen-bond donors (Lipinski definition) is 1. The van der Waals surface area contributed by atoms with Crippen LogP contribution in [0.5, 0.6) is 0 Å². The van der Waals surface area contributed by atoms with E-state index < -0.39 is 47.0 Å². The summed E-state index contributed by atoms with van der Waals surface area (Å²) < 4.78 is 69.1. The van der Waals surface area contributed by atoms with Gasteiger partial charge < -0.3 is 5.32 Å². The maximum Gasteiger partial charge on any atom is 0.409 e. The molecule has 33 heavy (non-hydrogen) atoms. The third kappa shape index (κ3) is 3.30. The van der Waals surface area contributed by atoms with Gasteiger partial charge in [-0.15, -0.1) is 0 Å². The molecule has 1 atom stereocenters. The van der Waals surface area contributed by atoms with Gasteiger partial charge in [0.1, 0.15) is 12.6 Å². The minimum Gasteiger partial charge on any atom is -0.324 e. The number of halogens is 3. The molecule has 0 saturated heterocycles. The van der Waals surface area contributed by atoms with E-state index in [0.717, 1.165) is 4.31 Å². The van der Waals surface area contributed by atoms with Crippen LogP contribution in [0, 0.1) is 0 Å². The van der Waals surface area contributed by atoms with E-state index in [1.807, 2.05) is 0 Å². The first-order chi connectivity index (χ1) is 15.6. The largest absolute Gasteiger partial charge is 0.409 e. The lowest BCUT2D eigenvalue weighted by Gasteiger charge is -2.33. The summed E-state index contributed by atoms with van der Waals surface area (Å²) in [5, 5.41) is 3.43. The van der Waals surface area contributed by atoms with Crippen LogP contribution >= 0.6 is 0 Å². The third-order valence-corrected chi connectivity index (χ3v) is 7.54. The van der Waals surface area contributed by atoms with E-state index in [1.54, 1.807) is 24.3 Å². The van der Waals surface area contributed by atoms with Gasteiger partial charge in [-0.3, -0.25) is 18.8 Å².